The Morgan fingerprint density at radius 2 is 2.55 bits per heavy atom. The molecule has 3 heteroatoms. The highest BCUT2D eigenvalue weighted by Crippen LogP contribution is 1.95. The summed E-state index contributed by atoms with van der Waals surface area (Å²) in [4.78, 5) is 0. The van der Waals surface area contributed by atoms with Crippen LogP contribution in [0.4, 0.5) is 0 Å². The topological polar surface area (TPSA) is 41.6 Å². The van der Waals surface area contributed by atoms with Crippen LogP contribution in [-0.2, 0) is 6.54 Å². The summed E-state index contributed by atoms with van der Waals surface area (Å²) in [6.45, 7) is 0.609. The number of terminal acetylenes is 1. The van der Waals surface area contributed by atoms with Crippen LogP contribution in [0.25, 0.3) is 0 Å². The van der Waals surface area contributed by atoms with Gasteiger partial charge in [-0.1, -0.05) is 5.92 Å². The number of nitrogens with zero attached hydrogens (tertiary/aromatic N) is 3. The monoisotopic (exact) mass is 145 g/mol. The molecule has 0 aliphatic carbocycles. The van der Waals surface area contributed by atoms with Gasteiger partial charge in [-0.25, -0.2) is 0 Å². The zero-order chi connectivity index (χ0) is 8.10. The molecule has 0 fully saturated rings. The first-order valence-electron chi connectivity index (χ1n) is 3.23. The zero-order valence-electron chi connectivity index (χ0n) is 5.99. The third kappa shape index (κ3) is 1.84. The highest BCUT2D eigenvalue weighted by atomic mass is 15.3. The van der Waals surface area contributed by atoms with Gasteiger partial charge in [-0.2, -0.15) is 10.4 Å². The lowest BCUT2D eigenvalue weighted by atomic mass is 10.4. The molecule has 0 unspecified atom stereocenters. The van der Waals surface area contributed by atoms with Crippen molar-refractivity contribution in [1.29, 1.82) is 5.26 Å². The molecule has 0 aromatic carbocycles. The number of hydrogen-bond acceptors (Lipinski definition) is 2. The van der Waals surface area contributed by atoms with Crippen LogP contribution in [0.5, 0.6) is 0 Å². The van der Waals surface area contributed by atoms with E-state index in [9.17, 15) is 0 Å². The Balaban J connectivity index is 2.62. The summed E-state index contributed by atoms with van der Waals surface area (Å²) >= 11 is 0. The van der Waals surface area contributed by atoms with Gasteiger partial charge in [0.2, 0.25) is 0 Å². The highest BCUT2D eigenvalue weighted by molar-refractivity contribution is 5.26. The van der Waals surface area contributed by atoms with Crippen LogP contribution >= 0.6 is 0 Å². The van der Waals surface area contributed by atoms with Gasteiger partial charge in [0.15, 0.2) is 0 Å². The molecule has 0 spiro atoms. The zero-order valence-corrected chi connectivity index (χ0v) is 5.99. The summed E-state index contributed by atoms with van der Waals surface area (Å²) in [7, 11) is 0. The van der Waals surface area contributed by atoms with E-state index in [0.29, 0.717) is 13.0 Å². The Labute approximate surface area is 65.3 Å². The predicted octanol–water partition coefficient (Wildman–Crippen LogP) is 0.778. The highest BCUT2D eigenvalue weighted by Gasteiger charge is 1.93. The average Bonchev–Trinajstić information content (AvgIpc) is 2.48. The van der Waals surface area contributed by atoms with Crippen molar-refractivity contribution in [3.05, 3.63) is 18.0 Å². The van der Waals surface area contributed by atoms with E-state index in [-0.39, 0.29) is 0 Å². The second-order valence-electron chi connectivity index (χ2n) is 2.04. The fraction of sp³-hybridized carbons (Fsp3) is 0.250. The summed E-state index contributed by atoms with van der Waals surface area (Å²) in [5, 5.41) is 12.2. The third-order valence-corrected chi connectivity index (χ3v) is 1.25. The maximum absolute atomic E-state index is 8.26. The van der Waals surface area contributed by atoms with E-state index in [1.165, 1.54) is 0 Å². The molecule has 0 bridgehead atoms. The fourth-order valence-electron chi connectivity index (χ4n) is 0.725. The molecule has 1 heterocycles. The molecule has 0 saturated heterocycles. The lowest BCUT2D eigenvalue weighted by molar-refractivity contribution is 0.627. The van der Waals surface area contributed by atoms with Crippen LogP contribution < -0.4 is 0 Å². The van der Waals surface area contributed by atoms with Crippen LogP contribution in [0.15, 0.2) is 12.4 Å². The lowest BCUT2D eigenvalue weighted by Gasteiger charge is -1.91. The van der Waals surface area contributed by atoms with Crippen LogP contribution in [0.3, 0.4) is 0 Å². The van der Waals surface area contributed by atoms with E-state index in [1.807, 2.05) is 6.07 Å². The van der Waals surface area contributed by atoms with E-state index in [0.717, 1.165) is 5.56 Å². The minimum absolute atomic E-state index is 0.464. The minimum Gasteiger partial charge on any atom is -0.270 e. The van der Waals surface area contributed by atoms with Crippen molar-refractivity contribution in [3.8, 4) is 18.4 Å². The van der Waals surface area contributed by atoms with Crippen molar-refractivity contribution in [2.45, 2.75) is 13.0 Å². The summed E-state index contributed by atoms with van der Waals surface area (Å²) in [6, 6.07) is 2.03. The van der Waals surface area contributed by atoms with Gasteiger partial charge in [0.25, 0.3) is 0 Å². The largest absolute Gasteiger partial charge is 0.270 e. The average molecular weight is 145 g/mol. The van der Waals surface area contributed by atoms with Crippen molar-refractivity contribution >= 4 is 0 Å². The Hall–Kier alpha value is -1.74. The predicted molar refractivity (Wildman–Crippen MR) is 40.4 cm³/mol. The first-order valence-corrected chi connectivity index (χ1v) is 3.23. The molecule has 3 nitrogen and oxygen atoms in total. The molecule has 0 amide bonds. The number of hydrogen-bond donors (Lipinski definition) is 0. The lowest BCUT2D eigenvalue weighted by Crippen LogP contribution is -1.96. The molecular formula is C8H7N3. The normalized spacial score (nSPS) is 8.55. The number of rotatable bonds is 2. The quantitative estimate of drug-likeness (QED) is 0.577. The van der Waals surface area contributed by atoms with E-state index in [1.54, 1.807) is 17.1 Å². The van der Waals surface area contributed by atoms with Crippen LogP contribution in [-0.4, -0.2) is 9.78 Å². The number of nitriles is 1. The van der Waals surface area contributed by atoms with Crippen molar-refractivity contribution in [1.82, 2.24) is 9.78 Å². The first-order chi connectivity index (χ1) is 5.36. The van der Waals surface area contributed by atoms with Crippen molar-refractivity contribution in [3.63, 3.8) is 0 Å². The van der Waals surface area contributed by atoms with Crippen molar-refractivity contribution < 1.29 is 0 Å². The smallest absolute Gasteiger partial charge is 0.0646 e. The molecule has 0 N–H and O–H groups in total. The van der Waals surface area contributed by atoms with Crippen molar-refractivity contribution in [2.75, 3.05) is 0 Å². The molecule has 1 rings (SSSR count). The summed E-state index contributed by atoms with van der Waals surface area (Å²) in [5.41, 5.74) is 0.753. The van der Waals surface area contributed by atoms with Gasteiger partial charge >= 0.3 is 0 Å². The molecule has 0 aliphatic heterocycles. The third-order valence-electron chi connectivity index (χ3n) is 1.25. The first kappa shape index (κ1) is 7.37. The summed E-state index contributed by atoms with van der Waals surface area (Å²) in [5.74, 6) is 2.46. The SMILES string of the molecule is C#Cc1cnn(CCC#N)c1. The maximum atomic E-state index is 8.26. The molecule has 0 radical (unpaired) electrons. The van der Waals surface area contributed by atoms with E-state index in [4.69, 9.17) is 11.7 Å². The Kier molecular flexibility index (Phi) is 2.30. The maximum Gasteiger partial charge on any atom is 0.0646 e. The van der Waals surface area contributed by atoms with Crippen LogP contribution in [0.1, 0.15) is 12.0 Å². The van der Waals surface area contributed by atoms with Crippen LogP contribution in [0, 0.1) is 23.7 Å². The summed E-state index contributed by atoms with van der Waals surface area (Å²) < 4.78 is 1.67. The minimum atomic E-state index is 0.464. The van der Waals surface area contributed by atoms with Gasteiger partial charge in [-0.15, -0.1) is 6.42 Å². The van der Waals surface area contributed by atoms with Gasteiger partial charge in [0.05, 0.1) is 30.8 Å². The van der Waals surface area contributed by atoms with Gasteiger partial charge in [-0.3, -0.25) is 4.68 Å². The van der Waals surface area contributed by atoms with Crippen molar-refractivity contribution in [2.24, 2.45) is 0 Å². The fourth-order valence-corrected chi connectivity index (χ4v) is 0.725. The molecule has 11 heavy (non-hydrogen) atoms. The Morgan fingerprint density at radius 1 is 1.73 bits per heavy atom. The van der Waals surface area contributed by atoms with Gasteiger partial charge < -0.3 is 0 Å². The van der Waals surface area contributed by atoms with E-state index >= 15 is 0 Å². The molecule has 0 atom stereocenters. The molecule has 0 saturated carbocycles. The Bertz CT molecular complexity index is 311. The standard InChI is InChI=1S/C8H7N3/c1-2-8-6-10-11(7-8)5-3-4-9/h1,6-7H,3,5H2. The Morgan fingerprint density at radius 3 is 3.09 bits per heavy atom. The van der Waals surface area contributed by atoms with Gasteiger partial charge in [0, 0.05) is 6.20 Å². The molecule has 1 aromatic heterocycles. The number of aryl methyl sites for hydroxylation is 1. The summed E-state index contributed by atoms with van der Waals surface area (Å²) in [6.07, 6.45) is 8.94. The second kappa shape index (κ2) is 3.43. The molecule has 1 aromatic rings. The number of aromatic nitrogens is 2. The van der Waals surface area contributed by atoms with E-state index in [2.05, 4.69) is 11.0 Å². The molecular weight excluding hydrogens is 138 g/mol. The molecule has 0 aliphatic rings. The van der Waals surface area contributed by atoms with E-state index < -0.39 is 0 Å². The van der Waals surface area contributed by atoms with Crippen LogP contribution in [0.2, 0.25) is 0 Å². The van der Waals surface area contributed by atoms with Gasteiger partial charge in [0.1, 0.15) is 0 Å². The second-order valence-corrected chi connectivity index (χ2v) is 2.04. The van der Waals surface area contributed by atoms with Gasteiger partial charge in [-0.05, 0) is 0 Å². The molecule has 54 valence electrons.